The fraction of sp³-hybridized carbons (Fsp3) is 0.500. The Morgan fingerprint density at radius 3 is 2.28 bits per heavy atom. The third kappa shape index (κ3) is 8.91. The minimum Gasteiger partial charge on any atom is -0.480 e. The minimum atomic E-state index is -0.955. The lowest BCUT2D eigenvalue weighted by molar-refractivity contribution is -0.140. The number of rotatable bonds is 9. The number of aldehydes is 1. The van der Waals surface area contributed by atoms with Gasteiger partial charge in [-0.15, -0.1) is 0 Å². The molecule has 0 bridgehead atoms. The molecule has 1 unspecified atom stereocenters. The second-order valence-corrected chi connectivity index (χ2v) is 8.02. The standard InChI is InChI=1S/C20H28BN5O5S/c21-23-20(32)22-16-3-1-15(2-4-16)11-17-12-25(9-10-27)6-5-24(13-18(28)29)7-8-26(17)14-19(30)31/h1-4,10,17H,5-9,11-14H2,(H,28,29)(H,30,31)(H2,22,23,32). The number of hydrogen-bond acceptors (Lipinski definition) is 7. The van der Waals surface area contributed by atoms with E-state index in [1.165, 1.54) is 0 Å². The van der Waals surface area contributed by atoms with E-state index in [0.29, 0.717) is 39.1 Å². The van der Waals surface area contributed by atoms with Gasteiger partial charge in [-0.1, -0.05) is 12.1 Å². The third-order valence-corrected chi connectivity index (χ3v) is 5.49. The van der Waals surface area contributed by atoms with Gasteiger partial charge in [0.05, 0.1) is 19.6 Å². The van der Waals surface area contributed by atoms with Crippen LogP contribution in [0, 0.1) is 0 Å². The van der Waals surface area contributed by atoms with Gasteiger partial charge in [0.2, 0.25) is 7.98 Å². The van der Waals surface area contributed by atoms with Crippen LogP contribution in [0.2, 0.25) is 0 Å². The fourth-order valence-corrected chi connectivity index (χ4v) is 3.83. The summed E-state index contributed by atoms with van der Waals surface area (Å²) in [5.74, 6) is -1.89. The lowest BCUT2D eigenvalue weighted by Crippen LogP contribution is -2.48. The molecule has 0 aromatic heterocycles. The Bertz CT molecular complexity index is 797. The lowest BCUT2D eigenvalue weighted by Gasteiger charge is -2.33. The van der Waals surface area contributed by atoms with Crippen LogP contribution >= 0.6 is 12.2 Å². The van der Waals surface area contributed by atoms with Crippen molar-refractivity contribution in [1.82, 2.24) is 19.9 Å². The van der Waals surface area contributed by atoms with Crippen LogP contribution in [0.25, 0.3) is 0 Å². The van der Waals surface area contributed by atoms with Crippen LogP contribution in [-0.4, -0.2) is 115 Å². The zero-order valence-electron chi connectivity index (χ0n) is 17.8. The normalized spacial score (nSPS) is 18.7. The van der Waals surface area contributed by atoms with E-state index in [-0.39, 0.29) is 30.8 Å². The van der Waals surface area contributed by atoms with Crippen molar-refractivity contribution in [1.29, 1.82) is 0 Å². The van der Waals surface area contributed by atoms with Gasteiger partial charge in [-0.05, 0) is 36.3 Å². The van der Waals surface area contributed by atoms with E-state index in [4.69, 9.17) is 20.2 Å². The number of carboxylic acid groups (broad SMARTS) is 2. The highest BCUT2D eigenvalue weighted by Crippen LogP contribution is 2.16. The second-order valence-electron chi connectivity index (χ2n) is 7.61. The number of carbonyl (C=O) groups excluding carboxylic acids is 1. The van der Waals surface area contributed by atoms with E-state index >= 15 is 0 Å². The number of thiocarbonyl (C=S) groups is 1. The molecule has 10 nitrogen and oxygen atoms in total. The fourth-order valence-electron chi connectivity index (χ4n) is 3.71. The first kappa shape index (κ1) is 25.7. The summed E-state index contributed by atoms with van der Waals surface area (Å²) in [5.41, 5.74) is 1.76. The molecule has 1 saturated heterocycles. The summed E-state index contributed by atoms with van der Waals surface area (Å²) in [5, 5.41) is 24.2. The molecule has 32 heavy (non-hydrogen) atoms. The average Bonchev–Trinajstić information content (AvgIpc) is 2.80. The summed E-state index contributed by atoms with van der Waals surface area (Å²) < 4.78 is 0. The van der Waals surface area contributed by atoms with Gasteiger partial charge in [-0.25, -0.2) is 0 Å². The van der Waals surface area contributed by atoms with Crippen LogP contribution in [0.5, 0.6) is 0 Å². The van der Waals surface area contributed by atoms with E-state index in [9.17, 15) is 24.6 Å². The number of benzene rings is 1. The molecular weight excluding hydrogens is 433 g/mol. The molecule has 1 aromatic carbocycles. The predicted octanol–water partition coefficient (Wildman–Crippen LogP) is -0.745. The van der Waals surface area contributed by atoms with Gasteiger partial charge in [0.1, 0.15) is 6.29 Å². The number of hydrogen-bond donors (Lipinski definition) is 4. The Kier molecular flexibility index (Phi) is 10.5. The molecule has 0 saturated carbocycles. The second kappa shape index (κ2) is 13.1. The van der Waals surface area contributed by atoms with Crippen LogP contribution in [-0.2, 0) is 20.8 Å². The van der Waals surface area contributed by atoms with E-state index in [2.05, 4.69) is 10.5 Å². The molecule has 1 aromatic rings. The van der Waals surface area contributed by atoms with Crippen molar-refractivity contribution in [3.63, 3.8) is 0 Å². The number of aliphatic carboxylic acids is 2. The molecular formula is C20H28BN5O5S. The molecule has 0 aliphatic carbocycles. The van der Waals surface area contributed by atoms with Crippen molar-refractivity contribution in [3.05, 3.63) is 29.8 Å². The number of nitrogens with zero attached hydrogens (tertiary/aromatic N) is 3. The third-order valence-electron chi connectivity index (χ3n) is 5.27. The monoisotopic (exact) mass is 461 g/mol. The molecule has 12 heteroatoms. The number of carbonyl (C=O) groups is 3. The zero-order chi connectivity index (χ0) is 23.5. The highest BCUT2D eigenvalue weighted by Gasteiger charge is 2.27. The maximum atomic E-state index is 11.5. The molecule has 2 rings (SSSR count). The topological polar surface area (TPSA) is 125 Å². The Morgan fingerprint density at radius 2 is 1.69 bits per heavy atom. The summed E-state index contributed by atoms with van der Waals surface area (Å²) in [6.45, 7) is 2.25. The Labute approximate surface area is 194 Å². The summed E-state index contributed by atoms with van der Waals surface area (Å²) in [6.07, 6.45) is 1.38. The zero-order valence-corrected chi connectivity index (χ0v) is 18.6. The first-order valence-corrected chi connectivity index (χ1v) is 10.6. The van der Waals surface area contributed by atoms with Gasteiger partial charge < -0.3 is 25.6 Å². The molecule has 1 aliphatic heterocycles. The van der Waals surface area contributed by atoms with Crippen molar-refractivity contribution in [2.45, 2.75) is 12.5 Å². The average molecular weight is 461 g/mol. The highest BCUT2D eigenvalue weighted by atomic mass is 32.1. The van der Waals surface area contributed by atoms with Gasteiger partial charge in [-0.2, -0.15) is 0 Å². The quantitative estimate of drug-likeness (QED) is 0.211. The van der Waals surface area contributed by atoms with Gasteiger partial charge >= 0.3 is 11.9 Å². The highest BCUT2D eigenvalue weighted by molar-refractivity contribution is 7.80. The molecule has 0 amide bonds. The molecule has 0 spiro atoms. The maximum Gasteiger partial charge on any atom is 0.317 e. The molecule has 1 atom stereocenters. The van der Waals surface area contributed by atoms with Gasteiger partial charge in [0.15, 0.2) is 5.11 Å². The summed E-state index contributed by atoms with van der Waals surface area (Å²) >= 11 is 4.99. The van der Waals surface area contributed by atoms with E-state index in [1.54, 1.807) is 4.90 Å². The van der Waals surface area contributed by atoms with Gasteiger partial charge in [0.25, 0.3) is 0 Å². The SMILES string of the molecule is [B]NC(=S)Nc1ccc(CC2CN(CC=O)CCN(CC(=O)O)CCN2CC(=O)O)cc1. The number of nitrogens with one attached hydrogen (secondary N) is 2. The van der Waals surface area contributed by atoms with E-state index < -0.39 is 11.9 Å². The Hall–Kier alpha value is -2.54. The molecule has 1 heterocycles. The van der Waals surface area contributed by atoms with Crippen molar-refractivity contribution >= 4 is 49.2 Å². The Morgan fingerprint density at radius 1 is 1.06 bits per heavy atom. The smallest absolute Gasteiger partial charge is 0.317 e. The molecule has 2 radical (unpaired) electrons. The first-order chi connectivity index (χ1) is 15.3. The summed E-state index contributed by atoms with van der Waals surface area (Å²) in [6, 6.07) is 7.39. The number of carboxylic acids is 2. The van der Waals surface area contributed by atoms with Crippen LogP contribution < -0.4 is 10.5 Å². The molecule has 172 valence electrons. The van der Waals surface area contributed by atoms with Gasteiger partial charge in [0, 0.05) is 44.5 Å². The van der Waals surface area contributed by atoms with Gasteiger partial charge in [-0.3, -0.25) is 24.3 Å². The lowest BCUT2D eigenvalue weighted by atomic mass is 10.0. The summed E-state index contributed by atoms with van der Waals surface area (Å²) in [7, 11) is 5.27. The predicted molar refractivity (Wildman–Crippen MR) is 125 cm³/mol. The van der Waals surface area contributed by atoms with Crippen LogP contribution in [0.3, 0.4) is 0 Å². The van der Waals surface area contributed by atoms with Crippen LogP contribution in [0.4, 0.5) is 5.69 Å². The maximum absolute atomic E-state index is 11.5. The van der Waals surface area contributed by atoms with Crippen molar-refractivity contribution in [2.75, 3.05) is 57.7 Å². The van der Waals surface area contributed by atoms with Crippen molar-refractivity contribution in [2.24, 2.45) is 0 Å². The van der Waals surface area contributed by atoms with Crippen LogP contribution in [0.15, 0.2) is 24.3 Å². The minimum absolute atomic E-state index is 0.130. The summed E-state index contributed by atoms with van der Waals surface area (Å²) in [4.78, 5) is 39.5. The Balaban J connectivity index is 2.21. The number of anilines is 1. The first-order valence-electron chi connectivity index (χ1n) is 10.2. The van der Waals surface area contributed by atoms with Crippen molar-refractivity contribution < 1.29 is 24.6 Å². The van der Waals surface area contributed by atoms with Crippen LogP contribution in [0.1, 0.15) is 5.56 Å². The molecule has 1 aliphatic rings. The molecule has 1 fully saturated rings. The van der Waals surface area contributed by atoms with Crippen molar-refractivity contribution in [3.8, 4) is 0 Å². The van der Waals surface area contributed by atoms with E-state index in [1.807, 2.05) is 34.1 Å². The largest absolute Gasteiger partial charge is 0.480 e. The van der Waals surface area contributed by atoms with E-state index in [0.717, 1.165) is 17.5 Å². The molecule has 4 N–H and O–H groups in total.